The number of amides is 8. The summed E-state index contributed by atoms with van der Waals surface area (Å²) < 4.78 is 39.4. The second-order valence-corrected chi connectivity index (χ2v) is 51.1. The third-order valence-corrected chi connectivity index (χ3v) is 39.1. The number of nitrogens with one attached hydrogen (secondary N) is 4. The summed E-state index contributed by atoms with van der Waals surface area (Å²) in [5.41, 5.74) is 14.3. The summed E-state index contributed by atoms with van der Waals surface area (Å²) in [6.07, 6.45) is 18.5. The molecule has 4 aromatic heterocycles. The Bertz CT molecular complexity index is 5910. The summed E-state index contributed by atoms with van der Waals surface area (Å²) in [6.45, 7) is 29.1. The van der Waals surface area contributed by atoms with Crippen molar-refractivity contribution >= 4 is 197 Å². The minimum absolute atomic E-state index is 0.0152. The zero-order valence-corrected chi connectivity index (χ0v) is 96.8. The molecule has 13 aliphatic rings. The van der Waals surface area contributed by atoms with Crippen LogP contribution in [0.25, 0.3) is 31.7 Å². The van der Waals surface area contributed by atoms with Crippen LogP contribution in [0.2, 0.25) is 0 Å². The highest BCUT2D eigenvalue weighted by atomic mass is 79.9. The van der Waals surface area contributed by atoms with Crippen LogP contribution in [0, 0.1) is 21.7 Å². The van der Waals surface area contributed by atoms with Gasteiger partial charge in [-0.3, -0.25) is 44.0 Å². The van der Waals surface area contributed by atoms with E-state index >= 15 is 0 Å². The highest BCUT2D eigenvalue weighted by molar-refractivity contribution is 9.11. The molecular weight excluding hydrogens is 2240 g/mol. The van der Waals surface area contributed by atoms with Crippen molar-refractivity contribution in [3.63, 3.8) is 0 Å². The highest BCUT2D eigenvalue weighted by Crippen LogP contribution is 2.67. The fourth-order valence-electron chi connectivity index (χ4n) is 24.3. The number of rotatable bonds is 12. The van der Waals surface area contributed by atoms with E-state index in [1.165, 1.54) is 28.0 Å². The lowest BCUT2D eigenvalue weighted by atomic mass is 9.61. The molecule has 21 rings (SSSR count). The molecule has 8 N–H and O–H groups in total. The number of fused-ring (bicyclic) bond motifs is 12. The number of carbonyl (C=O) groups excluding carboxylic acids is 6. The fraction of sp³-hybridized carbons (Fsp3) is 0.573. The van der Waals surface area contributed by atoms with Crippen LogP contribution in [-0.4, -0.2) is 205 Å². The van der Waals surface area contributed by atoms with Crippen molar-refractivity contribution in [3.8, 4) is 31.7 Å². The maximum Gasteiger partial charge on any atom is 0.494 e. The van der Waals surface area contributed by atoms with E-state index in [2.05, 4.69) is 193 Å². The number of nitrogens with zero attached hydrogens (tertiary/aromatic N) is 9. The Hall–Kier alpha value is -6.36. The third-order valence-electron chi connectivity index (χ3n) is 31.9. The van der Waals surface area contributed by atoms with Crippen molar-refractivity contribution in [2.24, 2.45) is 32.4 Å². The predicted octanol–water partition coefficient (Wildman–Crippen LogP) is 21.2. The van der Waals surface area contributed by atoms with Crippen molar-refractivity contribution in [1.82, 2.24) is 61.0 Å². The smallest absolute Gasteiger partial charge is 0.399 e. The number of benzene rings is 4. The number of hydrogen-bond donors (Lipinski definition) is 7. The second kappa shape index (κ2) is 43.2. The molecule has 143 heavy (non-hydrogen) atoms. The van der Waals surface area contributed by atoms with Gasteiger partial charge in [0.05, 0.1) is 41.2 Å². The first-order chi connectivity index (χ1) is 67.6. The molecule has 0 bridgehead atoms. The van der Waals surface area contributed by atoms with Crippen LogP contribution in [-0.2, 0) is 100 Å². The van der Waals surface area contributed by atoms with Crippen LogP contribution >= 0.6 is 137 Å². The number of carbonyl (C=O) groups is 6. The Morgan fingerprint density at radius 2 is 0.762 bits per heavy atom. The Labute approximate surface area is 902 Å². The van der Waals surface area contributed by atoms with Gasteiger partial charge in [0, 0.05) is 120 Å². The molecule has 8 aromatic rings. The lowest BCUT2D eigenvalue weighted by Gasteiger charge is -2.46. The van der Waals surface area contributed by atoms with Crippen molar-refractivity contribution < 1.29 is 72.4 Å². The molecule has 772 valence electrons. The summed E-state index contributed by atoms with van der Waals surface area (Å²) in [6, 6.07) is 24.4. The van der Waals surface area contributed by atoms with E-state index in [1.807, 2.05) is 105 Å². The molecule has 4 aromatic carbocycles. The van der Waals surface area contributed by atoms with E-state index < -0.39 is 46.1 Å². The number of thiazole rings is 4. The summed E-state index contributed by atoms with van der Waals surface area (Å²) in [4.78, 5) is 116. The van der Waals surface area contributed by atoms with Gasteiger partial charge in [-0.05, 0) is 392 Å². The Morgan fingerprint density at radius 3 is 1.05 bits per heavy atom. The van der Waals surface area contributed by atoms with Crippen LogP contribution in [0.4, 0.5) is 9.59 Å². The molecule has 8 spiro atoms. The van der Waals surface area contributed by atoms with Crippen LogP contribution in [0.3, 0.4) is 0 Å². The minimum Gasteiger partial charge on any atom is -0.399 e. The van der Waals surface area contributed by atoms with Gasteiger partial charge >= 0.3 is 19.2 Å². The zero-order valence-electron chi connectivity index (χ0n) is 84.8. The maximum atomic E-state index is 14.2. The van der Waals surface area contributed by atoms with Crippen LogP contribution in [0.1, 0.15) is 251 Å². The molecule has 8 fully saturated rings. The monoisotopic (exact) mass is 2370 g/mol. The number of guanidine groups is 1. The van der Waals surface area contributed by atoms with E-state index in [1.54, 1.807) is 110 Å². The number of methoxy groups -OCH3 is 4. The van der Waals surface area contributed by atoms with E-state index in [4.69, 9.17) is 61.7 Å². The number of hydrogen-bond acceptors (Lipinski definition) is 27. The average molecular weight is 2380 g/mol. The number of aromatic nitrogens is 4. The van der Waals surface area contributed by atoms with Gasteiger partial charge in [-0.15, -0.1) is 45.3 Å². The number of thiocarbonyl (C=S) groups is 1. The first kappa shape index (κ1) is 111. The third kappa shape index (κ3) is 20.0. The summed E-state index contributed by atoms with van der Waals surface area (Å²) in [7, 11) is 7.97. The molecule has 40 heteroatoms. The molecule has 4 saturated heterocycles. The van der Waals surface area contributed by atoms with Gasteiger partial charge in [-0.25, -0.2) is 44.9 Å². The normalized spacial score (nSPS) is 28.7. The van der Waals surface area contributed by atoms with Gasteiger partial charge < -0.3 is 55.1 Å². The molecule has 0 radical (unpaired) electrons. The summed E-state index contributed by atoms with van der Waals surface area (Å²) >= 11 is 28.8. The Kier molecular flexibility index (Phi) is 33.5. The van der Waals surface area contributed by atoms with Crippen molar-refractivity contribution in [2.75, 3.05) is 35.5 Å². The summed E-state index contributed by atoms with van der Waals surface area (Å²) in [5, 5.41) is 36.4. The molecule has 5 aliphatic heterocycles. The SMILES string of the molecule is Brc1csc(Br)n1.CC(C)(C)OO.CNO.COC1CCC2(CC1)Cc1ccc(-c3nc(Br)cs3)cc1C21N=C(N)N(C(C)C)C1=O.COC1CCC2(CC1)Cc1ccc(-c3nc(Br)cs3)cc1C21NC(=O)N(C(C)C)C1=O.COC1CCC2(CC1)Cc1ccc(-c3nc(Br)cs3)cc1C21NC(=S)N(C(C)C)C1=O.COC1CCC2(CC1)Cc1ccc(B3OC(C)(C)C(C)(C)O3)cc1C21NC(=O)N(C(C)C)C1=O. The van der Waals surface area contributed by atoms with E-state index in [9.17, 15) is 28.8 Å². The van der Waals surface area contributed by atoms with Gasteiger partial charge in [0.15, 0.2) is 37.1 Å². The van der Waals surface area contributed by atoms with Gasteiger partial charge in [-0.2, -0.15) is 0 Å². The second-order valence-electron chi connectivity index (χ2n) is 42.8. The van der Waals surface area contributed by atoms with E-state index in [0.717, 1.165) is 221 Å². The Balaban J connectivity index is 0.000000136. The first-order valence-corrected chi connectivity index (χ1v) is 56.9. The minimum atomic E-state index is -1.07. The molecule has 4 unspecified atom stereocenters. The van der Waals surface area contributed by atoms with Crippen molar-refractivity contribution in [3.05, 3.63) is 161 Å². The number of halogens is 5. The number of hydroxylamine groups is 1. The molecular formula is C103H132BBr5N14O15S5. The van der Waals surface area contributed by atoms with Crippen LogP contribution in [0.5, 0.6) is 0 Å². The van der Waals surface area contributed by atoms with Gasteiger partial charge in [0.1, 0.15) is 33.4 Å². The first-order valence-electron chi connectivity index (χ1n) is 49.0. The zero-order chi connectivity index (χ0) is 104. The van der Waals surface area contributed by atoms with Crippen molar-refractivity contribution in [2.45, 2.75) is 320 Å². The van der Waals surface area contributed by atoms with E-state index in [-0.39, 0.29) is 106 Å². The maximum absolute atomic E-state index is 14.2. The lowest BCUT2D eigenvalue weighted by molar-refractivity contribution is -0.306. The van der Waals surface area contributed by atoms with E-state index in [0.29, 0.717) is 11.1 Å². The van der Waals surface area contributed by atoms with Crippen LogP contribution < -0.4 is 32.6 Å². The highest BCUT2D eigenvalue weighted by Gasteiger charge is 2.73. The summed E-state index contributed by atoms with van der Waals surface area (Å²) in [5.74, 6) is 0.211. The van der Waals surface area contributed by atoms with Gasteiger partial charge in [0.25, 0.3) is 23.6 Å². The van der Waals surface area contributed by atoms with Gasteiger partial charge in [0.2, 0.25) is 0 Å². The van der Waals surface area contributed by atoms with Crippen LogP contribution in [0.15, 0.2) is 122 Å². The molecule has 4 atom stereocenters. The molecule has 8 amide bonds. The number of aliphatic imine (C=N–C) groups is 1. The number of imide groups is 2. The Morgan fingerprint density at radius 1 is 0.462 bits per heavy atom. The number of ether oxygens (including phenoxy) is 4. The molecule has 8 aliphatic carbocycles. The topological polar surface area (TPSA) is 359 Å². The lowest BCUT2D eigenvalue weighted by Crippen LogP contribution is -2.57. The quantitative estimate of drug-likeness (QED) is 0.0196. The largest absolute Gasteiger partial charge is 0.494 e. The molecule has 9 heterocycles. The number of urea groups is 2. The predicted molar refractivity (Wildman–Crippen MR) is 580 cm³/mol. The molecule has 4 saturated carbocycles. The fourth-order valence-corrected chi connectivity index (χ4v) is 30.2. The van der Waals surface area contributed by atoms with Crippen molar-refractivity contribution in [1.29, 1.82) is 0 Å². The molecule has 29 nitrogen and oxygen atoms in total. The average Bonchev–Trinajstić information content (AvgIpc) is 1.53. The standard InChI is InChI=1S/C26H37BN2O5.C23H27BrN4O2S.C23H26BrN3O3S.C23H26BrN3O2S2.C4H10O2.C3HBr2NS.CH5NO/c1-16(2)29-21(30)26(28-22(29)31)20-14-18(27-33-23(3,4)24(5,6)34-27)9-8-17(20)15-25(26)12-10-19(32-7)11-13-25;1-13(2)28-20(29)23(27-21(28)25)17-10-14(19-26-18(24)12-31-19)4-5-15(17)11-22(23)8-6-16(30-3)7-9-22;1-13(2)27-20(28)23(26-21(27)29)17-10-14(19-25-18(24)12-31-19)4-5-15(17)11-22(23)8-6-16(30-3)7-9-22;1-13(2)27-20(28)23(26-21(27)30)17-10-14(19-25-18(24)12-31-19)4-5-15(17)11-22(23)8-6-16(29-3)7-9-22;1-4(2,3)6-5;4-2-1-7-3(5)6-2;1-2-3/h8-9,14,16,19H,10-13,15H2,1-7H3,(H,28,31);4-5,10,12-13,16H,6-9,11H2,1-3H3,(H2,25,27);4-5,10,12-13,16H,6-9,11H2,1-3H3,(H,26,29);4-5,10,12-13,16H,6-9,11H2,1-3H3,(H,26,30);5H,1-3H3;1H;2-3H,1H3. The number of nitrogens with two attached hydrogens (primary N) is 1. The van der Waals surface area contributed by atoms with Gasteiger partial charge in [-0.1, -0.05) is 54.6 Å².